The second-order valence-electron chi connectivity index (χ2n) is 5.17. The van der Waals surface area contributed by atoms with E-state index in [0.717, 1.165) is 23.8 Å². The Labute approximate surface area is 87.8 Å². The minimum atomic E-state index is 0.803. The van der Waals surface area contributed by atoms with Gasteiger partial charge in [0.25, 0.3) is 0 Å². The van der Waals surface area contributed by atoms with Crippen molar-refractivity contribution in [2.45, 2.75) is 38.6 Å². The van der Waals surface area contributed by atoms with E-state index in [9.17, 15) is 0 Å². The molecule has 4 unspecified atom stereocenters. The van der Waals surface area contributed by atoms with Crippen LogP contribution in [0.4, 0.5) is 0 Å². The van der Waals surface area contributed by atoms with Gasteiger partial charge < -0.3 is 10.6 Å². The van der Waals surface area contributed by atoms with Crippen molar-refractivity contribution in [3.05, 3.63) is 0 Å². The molecule has 0 spiro atoms. The molecular weight excluding hydrogens is 172 g/mol. The number of hydrogen-bond donors (Lipinski definition) is 2. The summed E-state index contributed by atoms with van der Waals surface area (Å²) in [5.74, 6) is 2.87. The van der Waals surface area contributed by atoms with Crippen LogP contribution in [0.5, 0.6) is 0 Å². The van der Waals surface area contributed by atoms with Gasteiger partial charge in [-0.25, -0.2) is 0 Å². The van der Waals surface area contributed by atoms with Crippen molar-refractivity contribution < 1.29 is 0 Å². The maximum absolute atomic E-state index is 3.49. The van der Waals surface area contributed by atoms with E-state index in [1.54, 1.807) is 0 Å². The molecule has 0 bridgehead atoms. The fraction of sp³-hybridized carbons (Fsp3) is 1.00. The van der Waals surface area contributed by atoms with Gasteiger partial charge in [0.1, 0.15) is 0 Å². The van der Waals surface area contributed by atoms with Gasteiger partial charge >= 0.3 is 0 Å². The molecule has 14 heavy (non-hydrogen) atoms. The van der Waals surface area contributed by atoms with Crippen molar-refractivity contribution in [3.63, 3.8) is 0 Å². The van der Waals surface area contributed by atoms with Crippen LogP contribution >= 0.6 is 0 Å². The number of nitrogens with one attached hydrogen (secondary N) is 2. The van der Waals surface area contributed by atoms with Crippen molar-refractivity contribution in [1.82, 2.24) is 10.6 Å². The Kier molecular flexibility index (Phi) is 3.45. The van der Waals surface area contributed by atoms with Gasteiger partial charge in [-0.05, 0) is 63.6 Å². The Morgan fingerprint density at radius 3 is 2.64 bits per heavy atom. The van der Waals surface area contributed by atoms with E-state index in [0.29, 0.717) is 0 Å². The van der Waals surface area contributed by atoms with Gasteiger partial charge in [-0.2, -0.15) is 0 Å². The summed E-state index contributed by atoms with van der Waals surface area (Å²) in [7, 11) is 2.11. The van der Waals surface area contributed by atoms with E-state index in [1.807, 2.05) is 0 Å². The van der Waals surface area contributed by atoms with E-state index >= 15 is 0 Å². The molecule has 0 radical (unpaired) electrons. The predicted octanol–water partition coefficient (Wildman–Crippen LogP) is 1.62. The standard InChI is InChI=1S/C12H24N2/c1-9(11-5-6-14-8-11)10-3-4-12(7-10)13-2/h9-14H,3-8H2,1-2H3. The first kappa shape index (κ1) is 10.4. The maximum atomic E-state index is 3.49. The van der Waals surface area contributed by atoms with E-state index in [-0.39, 0.29) is 0 Å². The average Bonchev–Trinajstić information content (AvgIpc) is 2.88. The molecule has 2 nitrogen and oxygen atoms in total. The first-order chi connectivity index (χ1) is 6.81. The monoisotopic (exact) mass is 196 g/mol. The van der Waals surface area contributed by atoms with Crippen LogP contribution in [0.15, 0.2) is 0 Å². The van der Waals surface area contributed by atoms with Crippen molar-refractivity contribution in [2.75, 3.05) is 20.1 Å². The highest BCUT2D eigenvalue weighted by Gasteiger charge is 2.32. The van der Waals surface area contributed by atoms with Crippen LogP contribution in [0, 0.1) is 17.8 Å². The van der Waals surface area contributed by atoms with Gasteiger partial charge in [0.15, 0.2) is 0 Å². The van der Waals surface area contributed by atoms with Crippen LogP contribution in [-0.4, -0.2) is 26.2 Å². The second kappa shape index (κ2) is 4.63. The molecule has 0 aromatic carbocycles. The van der Waals surface area contributed by atoms with Crippen molar-refractivity contribution in [3.8, 4) is 0 Å². The molecule has 4 atom stereocenters. The zero-order valence-corrected chi connectivity index (χ0v) is 9.55. The zero-order chi connectivity index (χ0) is 9.97. The van der Waals surface area contributed by atoms with Gasteiger partial charge in [0.2, 0.25) is 0 Å². The Balaban J connectivity index is 1.83. The Morgan fingerprint density at radius 1 is 1.21 bits per heavy atom. The lowest BCUT2D eigenvalue weighted by atomic mass is 9.81. The molecule has 1 aliphatic carbocycles. The number of rotatable bonds is 3. The molecule has 0 aromatic heterocycles. The summed E-state index contributed by atoms with van der Waals surface area (Å²) >= 11 is 0. The summed E-state index contributed by atoms with van der Waals surface area (Å²) in [4.78, 5) is 0. The highest BCUT2D eigenvalue weighted by Crippen LogP contribution is 2.36. The van der Waals surface area contributed by atoms with Gasteiger partial charge in [-0.15, -0.1) is 0 Å². The highest BCUT2D eigenvalue weighted by atomic mass is 14.9. The maximum Gasteiger partial charge on any atom is 0.00669 e. The lowest BCUT2D eigenvalue weighted by Crippen LogP contribution is -2.25. The molecule has 2 rings (SSSR count). The van der Waals surface area contributed by atoms with Crippen LogP contribution in [0.2, 0.25) is 0 Å². The summed E-state index contributed by atoms with van der Waals surface area (Å²) in [6, 6.07) is 0.803. The van der Waals surface area contributed by atoms with Crippen LogP contribution in [0.1, 0.15) is 32.6 Å². The topological polar surface area (TPSA) is 24.1 Å². The summed E-state index contributed by atoms with van der Waals surface area (Å²) < 4.78 is 0. The molecule has 2 heteroatoms. The molecule has 2 aliphatic rings. The third-order valence-electron chi connectivity index (χ3n) is 4.47. The Morgan fingerprint density at radius 2 is 2.07 bits per heavy atom. The minimum Gasteiger partial charge on any atom is -0.317 e. The Hall–Kier alpha value is -0.0800. The summed E-state index contributed by atoms with van der Waals surface area (Å²) in [6.07, 6.45) is 5.66. The SMILES string of the molecule is CNC1CCC(C(C)C2CCNC2)C1. The summed E-state index contributed by atoms with van der Waals surface area (Å²) in [5.41, 5.74) is 0. The quantitative estimate of drug-likeness (QED) is 0.717. The fourth-order valence-electron chi connectivity index (χ4n) is 3.27. The van der Waals surface area contributed by atoms with Crippen LogP contribution < -0.4 is 10.6 Å². The largest absolute Gasteiger partial charge is 0.317 e. The highest BCUT2D eigenvalue weighted by molar-refractivity contribution is 4.87. The van der Waals surface area contributed by atoms with Crippen LogP contribution in [0.3, 0.4) is 0 Å². The molecule has 1 saturated heterocycles. The van der Waals surface area contributed by atoms with Crippen molar-refractivity contribution in [1.29, 1.82) is 0 Å². The van der Waals surface area contributed by atoms with Crippen LogP contribution in [0.25, 0.3) is 0 Å². The zero-order valence-electron chi connectivity index (χ0n) is 9.55. The smallest absolute Gasteiger partial charge is 0.00669 e. The first-order valence-corrected chi connectivity index (χ1v) is 6.19. The van der Waals surface area contributed by atoms with E-state index < -0.39 is 0 Å². The third kappa shape index (κ3) is 2.12. The van der Waals surface area contributed by atoms with E-state index in [2.05, 4.69) is 24.6 Å². The molecular formula is C12H24N2. The van der Waals surface area contributed by atoms with Gasteiger partial charge in [0.05, 0.1) is 0 Å². The fourth-order valence-corrected chi connectivity index (χ4v) is 3.27. The van der Waals surface area contributed by atoms with Crippen molar-refractivity contribution >= 4 is 0 Å². The van der Waals surface area contributed by atoms with E-state index in [1.165, 1.54) is 38.8 Å². The summed E-state index contributed by atoms with van der Waals surface area (Å²) in [5, 5.41) is 6.91. The van der Waals surface area contributed by atoms with Crippen LogP contribution in [-0.2, 0) is 0 Å². The molecule has 1 aliphatic heterocycles. The summed E-state index contributed by atoms with van der Waals surface area (Å²) in [6.45, 7) is 4.99. The third-order valence-corrected chi connectivity index (χ3v) is 4.47. The van der Waals surface area contributed by atoms with Gasteiger partial charge in [-0.3, -0.25) is 0 Å². The first-order valence-electron chi connectivity index (χ1n) is 6.19. The second-order valence-corrected chi connectivity index (χ2v) is 5.17. The molecule has 1 heterocycles. The van der Waals surface area contributed by atoms with Crippen molar-refractivity contribution in [2.24, 2.45) is 17.8 Å². The van der Waals surface area contributed by atoms with E-state index in [4.69, 9.17) is 0 Å². The molecule has 2 fully saturated rings. The molecule has 82 valence electrons. The molecule has 1 saturated carbocycles. The van der Waals surface area contributed by atoms with Gasteiger partial charge in [-0.1, -0.05) is 6.92 Å². The van der Waals surface area contributed by atoms with Gasteiger partial charge in [0, 0.05) is 6.04 Å². The molecule has 0 aromatic rings. The molecule has 2 N–H and O–H groups in total. The Bertz CT molecular complexity index is 175. The average molecular weight is 196 g/mol. The molecule has 0 amide bonds. The normalized spacial score (nSPS) is 40.3. The number of hydrogen-bond acceptors (Lipinski definition) is 2. The minimum absolute atomic E-state index is 0.803. The lowest BCUT2D eigenvalue weighted by molar-refractivity contribution is 0.261. The predicted molar refractivity (Wildman–Crippen MR) is 60.3 cm³/mol. The lowest BCUT2D eigenvalue weighted by Gasteiger charge is -2.24.